The number of benzene rings is 1. The lowest BCUT2D eigenvalue weighted by Crippen LogP contribution is -2.03. The molecule has 0 saturated carbocycles. The Balaban J connectivity index is 1.82. The van der Waals surface area contributed by atoms with Gasteiger partial charge in [-0.1, -0.05) is 18.2 Å². The second-order valence-electron chi connectivity index (χ2n) is 3.77. The summed E-state index contributed by atoms with van der Waals surface area (Å²) < 4.78 is 5.63. The van der Waals surface area contributed by atoms with Crippen molar-refractivity contribution in [1.29, 1.82) is 0 Å². The Morgan fingerprint density at radius 2 is 1.88 bits per heavy atom. The zero-order valence-corrected chi connectivity index (χ0v) is 9.67. The minimum absolute atomic E-state index is 0.564. The minimum atomic E-state index is 0.564. The standard InChI is InChI=1S/C14H16N2O/c15-11-12-4-6-14(7-5-12)17-10-8-13-3-1-2-9-16-13/h1-7,9H,8,10-11,15H2. The molecule has 3 nitrogen and oxygen atoms in total. The Hall–Kier alpha value is -1.87. The number of hydrogen-bond acceptors (Lipinski definition) is 3. The van der Waals surface area contributed by atoms with Gasteiger partial charge in [-0.15, -0.1) is 0 Å². The molecule has 0 bridgehead atoms. The van der Waals surface area contributed by atoms with Crippen LogP contribution in [-0.2, 0) is 13.0 Å². The number of nitrogens with two attached hydrogens (primary N) is 1. The van der Waals surface area contributed by atoms with Gasteiger partial charge in [0.2, 0.25) is 0 Å². The van der Waals surface area contributed by atoms with Crippen LogP contribution in [-0.4, -0.2) is 11.6 Å². The topological polar surface area (TPSA) is 48.1 Å². The molecule has 1 aromatic heterocycles. The fourth-order valence-electron chi connectivity index (χ4n) is 1.54. The van der Waals surface area contributed by atoms with Gasteiger partial charge in [-0.05, 0) is 29.8 Å². The molecule has 0 fully saturated rings. The van der Waals surface area contributed by atoms with Crippen LogP contribution in [0.15, 0.2) is 48.7 Å². The van der Waals surface area contributed by atoms with E-state index < -0.39 is 0 Å². The molecule has 88 valence electrons. The third-order valence-electron chi connectivity index (χ3n) is 2.51. The number of ether oxygens (including phenoxy) is 1. The normalized spacial score (nSPS) is 10.2. The second-order valence-corrected chi connectivity index (χ2v) is 3.77. The van der Waals surface area contributed by atoms with E-state index in [9.17, 15) is 0 Å². The van der Waals surface area contributed by atoms with Gasteiger partial charge in [0.05, 0.1) is 6.61 Å². The summed E-state index contributed by atoms with van der Waals surface area (Å²) in [4.78, 5) is 4.24. The molecule has 2 aromatic rings. The first kappa shape index (κ1) is 11.6. The minimum Gasteiger partial charge on any atom is -0.493 e. The third-order valence-corrected chi connectivity index (χ3v) is 2.51. The summed E-state index contributed by atoms with van der Waals surface area (Å²) in [6.07, 6.45) is 2.62. The molecule has 0 unspecified atom stereocenters. The van der Waals surface area contributed by atoms with Crippen molar-refractivity contribution in [2.24, 2.45) is 5.73 Å². The molecule has 0 amide bonds. The lowest BCUT2D eigenvalue weighted by molar-refractivity contribution is 0.320. The number of rotatable bonds is 5. The van der Waals surface area contributed by atoms with Crippen LogP contribution in [0.5, 0.6) is 5.75 Å². The summed E-state index contributed by atoms with van der Waals surface area (Å²) in [6.45, 7) is 1.20. The van der Waals surface area contributed by atoms with Crippen molar-refractivity contribution >= 4 is 0 Å². The molecule has 3 heteroatoms. The maximum Gasteiger partial charge on any atom is 0.119 e. The molecule has 0 radical (unpaired) electrons. The van der Waals surface area contributed by atoms with E-state index in [1.807, 2.05) is 42.5 Å². The molecular formula is C14H16N2O. The quantitative estimate of drug-likeness (QED) is 0.853. The van der Waals surface area contributed by atoms with Crippen molar-refractivity contribution in [3.63, 3.8) is 0 Å². The van der Waals surface area contributed by atoms with Gasteiger partial charge in [-0.2, -0.15) is 0 Å². The molecule has 2 rings (SSSR count). The summed E-state index contributed by atoms with van der Waals surface area (Å²) in [6, 6.07) is 13.8. The van der Waals surface area contributed by atoms with Crippen LogP contribution in [0.3, 0.4) is 0 Å². The summed E-state index contributed by atoms with van der Waals surface area (Å²) in [5.74, 6) is 0.873. The van der Waals surface area contributed by atoms with E-state index in [1.54, 1.807) is 6.20 Å². The van der Waals surface area contributed by atoms with E-state index >= 15 is 0 Å². The van der Waals surface area contributed by atoms with Crippen LogP contribution < -0.4 is 10.5 Å². The Morgan fingerprint density at radius 1 is 1.06 bits per heavy atom. The van der Waals surface area contributed by atoms with E-state index in [2.05, 4.69) is 4.98 Å². The van der Waals surface area contributed by atoms with Crippen molar-refractivity contribution in [3.05, 3.63) is 59.9 Å². The molecule has 2 N–H and O–H groups in total. The maximum atomic E-state index is 5.63. The molecular weight excluding hydrogens is 212 g/mol. The first-order valence-electron chi connectivity index (χ1n) is 5.70. The maximum absolute atomic E-state index is 5.63. The molecule has 0 atom stereocenters. The lowest BCUT2D eigenvalue weighted by Gasteiger charge is -2.06. The second kappa shape index (κ2) is 6.01. The van der Waals surface area contributed by atoms with Crippen molar-refractivity contribution in [2.75, 3.05) is 6.61 Å². The van der Waals surface area contributed by atoms with Gasteiger partial charge >= 0.3 is 0 Å². The third kappa shape index (κ3) is 3.57. The number of nitrogens with zero attached hydrogens (tertiary/aromatic N) is 1. The zero-order chi connectivity index (χ0) is 11.9. The van der Waals surface area contributed by atoms with Crippen molar-refractivity contribution in [3.8, 4) is 5.75 Å². The largest absolute Gasteiger partial charge is 0.493 e. The van der Waals surface area contributed by atoms with E-state index in [-0.39, 0.29) is 0 Å². The van der Waals surface area contributed by atoms with Crippen molar-refractivity contribution in [2.45, 2.75) is 13.0 Å². The molecule has 0 saturated heterocycles. The highest BCUT2D eigenvalue weighted by Crippen LogP contribution is 2.12. The first-order chi connectivity index (χ1) is 8.38. The fourth-order valence-corrected chi connectivity index (χ4v) is 1.54. The van der Waals surface area contributed by atoms with Crippen LogP contribution in [0.4, 0.5) is 0 Å². The van der Waals surface area contributed by atoms with Crippen molar-refractivity contribution < 1.29 is 4.74 Å². The van der Waals surface area contributed by atoms with Crippen molar-refractivity contribution in [1.82, 2.24) is 4.98 Å². The summed E-state index contributed by atoms with van der Waals surface area (Å²) in [5, 5.41) is 0. The molecule has 0 spiro atoms. The number of hydrogen-bond donors (Lipinski definition) is 1. The first-order valence-corrected chi connectivity index (χ1v) is 5.70. The molecule has 1 aromatic carbocycles. The number of pyridine rings is 1. The molecule has 0 aliphatic carbocycles. The lowest BCUT2D eigenvalue weighted by atomic mass is 10.2. The smallest absolute Gasteiger partial charge is 0.119 e. The van der Waals surface area contributed by atoms with E-state index in [4.69, 9.17) is 10.5 Å². The average Bonchev–Trinajstić information content (AvgIpc) is 2.41. The molecule has 0 aliphatic rings. The zero-order valence-electron chi connectivity index (χ0n) is 9.67. The Kier molecular flexibility index (Phi) is 4.11. The number of aromatic nitrogens is 1. The fraction of sp³-hybridized carbons (Fsp3) is 0.214. The van der Waals surface area contributed by atoms with Gasteiger partial charge in [0, 0.05) is 24.9 Å². The predicted octanol–water partition coefficient (Wildman–Crippen LogP) is 2.16. The van der Waals surface area contributed by atoms with Gasteiger partial charge in [0.15, 0.2) is 0 Å². The highest BCUT2D eigenvalue weighted by molar-refractivity contribution is 5.27. The molecule has 17 heavy (non-hydrogen) atoms. The Labute approximate surface area is 101 Å². The Bertz CT molecular complexity index is 440. The van der Waals surface area contributed by atoms with Gasteiger partial charge in [0.25, 0.3) is 0 Å². The van der Waals surface area contributed by atoms with Crippen LogP contribution in [0, 0.1) is 0 Å². The highest BCUT2D eigenvalue weighted by Gasteiger charge is 1.96. The summed E-state index contributed by atoms with van der Waals surface area (Å²) in [5.41, 5.74) is 7.69. The van der Waals surface area contributed by atoms with Crippen LogP contribution >= 0.6 is 0 Å². The van der Waals surface area contributed by atoms with Crippen LogP contribution in [0.1, 0.15) is 11.3 Å². The van der Waals surface area contributed by atoms with Crippen LogP contribution in [0.25, 0.3) is 0 Å². The average molecular weight is 228 g/mol. The molecule has 0 aliphatic heterocycles. The predicted molar refractivity (Wildman–Crippen MR) is 67.8 cm³/mol. The highest BCUT2D eigenvalue weighted by atomic mass is 16.5. The van der Waals surface area contributed by atoms with Gasteiger partial charge < -0.3 is 10.5 Å². The monoisotopic (exact) mass is 228 g/mol. The van der Waals surface area contributed by atoms with Gasteiger partial charge in [-0.3, -0.25) is 4.98 Å². The van der Waals surface area contributed by atoms with Crippen LogP contribution in [0.2, 0.25) is 0 Å². The summed E-state index contributed by atoms with van der Waals surface area (Å²) in [7, 11) is 0. The van der Waals surface area contributed by atoms with E-state index in [1.165, 1.54) is 0 Å². The molecule has 1 heterocycles. The van der Waals surface area contributed by atoms with E-state index in [0.29, 0.717) is 13.2 Å². The summed E-state index contributed by atoms with van der Waals surface area (Å²) >= 11 is 0. The van der Waals surface area contributed by atoms with E-state index in [0.717, 1.165) is 23.4 Å². The Morgan fingerprint density at radius 3 is 2.53 bits per heavy atom. The van der Waals surface area contributed by atoms with Gasteiger partial charge in [0.1, 0.15) is 5.75 Å². The SMILES string of the molecule is NCc1ccc(OCCc2ccccn2)cc1. The van der Waals surface area contributed by atoms with Gasteiger partial charge in [-0.25, -0.2) is 0 Å².